The SMILES string of the molecule is COc1ccc(Cn2cc(-c3ccc4c(C5CCC(=O)NC5=O)c(C)oc4c3)cn2)cc1. The number of amides is 2. The van der Waals surface area contributed by atoms with Crippen molar-refractivity contribution < 1.29 is 18.7 Å². The minimum atomic E-state index is -0.368. The van der Waals surface area contributed by atoms with Crippen molar-refractivity contribution in [2.45, 2.75) is 32.2 Å². The first-order chi connectivity index (χ1) is 15.5. The third kappa shape index (κ3) is 3.66. The van der Waals surface area contributed by atoms with E-state index in [4.69, 9.17) is 9.15 Å². The summed E-state index contributed by atoms with van der Waals surface area (Å²) in [5, 5.41) is 7.84. The molecule has 7 nitrogen and oxygen atoms in total. The van der Waals surface area contributed by atoms with Gasteiger partial charge in [0.15, 0.2) is 0 Å². The Morgan fingerprint density at radius 1 is 1.16 bits per heavy atom. The summed E-state index contributed by atoms with van der Waals surface area (Å²) >= 11 is 0. The highest BCUT2D eigenvalue weighted by Gasteiger charge is 2.32. The van der Waals surface area contributed by atoms with E-state index in [9.17, 15) is 9.59 Å². The minimum Gasteiger partial charge on any atom is -0.497 e. The smallest absolute Gasteiger partial charge is 0.234 e. The quantitative estimate of drug-likeness (QED) is 0.481. The minimum absolute atomic E-state index is 0.217. The Labute approximate surface area is 185 Å². The topological polar surface area (TPSA) is 86.4 Å². The summed E-state index contributed by atoms with van der Waals surface area (Å²) in [4.78, 5) is 23.9. The first-order valence-electron chi connectivity index (χ1n) is 10.5. The highest BCUT2D eigenvalue weighted by Crippen LogP contribution is 2.37. The molecule has 0 bridgehead atoms. The van der Waals surface area contributed by atoms with E-state index in [1.165, 1.54) is 0 Å². The lowest BCUT2D eigenvalue weighted by Crippen LogP contribution is -2.39. The number of nitrogens with zero attached hydrogens (tertiary/aromatic N) is 2. The normalized spacial score (nSPS) is 16.4. The fourth-order valence-electron chi connectivity index (χ4n) is 4.34. The van der Waals surface area contributed by atoms with Gasteiger partial charge in [-0.1, -0.05) is 24.3 Å². The van der Waals surface area contributed by atoms with E-state index in [1.54, 1.807) is 7.11 Å². The van der Waals surface area contributed by atoms with Crippen molar-refractivity contribution in [3.63, 3.8) is 0 Å². The molecule has 7 heteroatoms. The molecule has 1 N–H and O–H groups in total. The number of benzene rings is 2. The number of carbonyl (C=O) groups excluding carboxylic acids is 2. The average Bonchev–Trinajstić information content (AvgIpc) is 3.38. The molecular formula is C25H23N3O4. The maximum atomic E-state index is 12.4. The van der Waals surface area contributed by atoms with Gasteiger partial charge in [0.2, 0.25) is 11.8 Å². The second kappa shape index (κ2) is 8.00. The van der Waals surface area contributed by atoms with E-state index in [1.807, 2.05) is 66.5 Å². The standard InChI is InChI=1S/C25H23N3O4/c1-15-24(21-9-10-23(29)27-25(21)30)20-8-5-17(11-22(20)32-15)18-12-26-28(14-18)13-16-3-6-19(31-2)7-4-16/h3-8,11-12,14,21H,9-10,13H2,1-2H3,(H,27,29,30). The van der Waals surface area contributed by atoms with Gasteiger partial charge in [0.1, 0.15) is 17.1 Å². The number of furan rings is 1. The molecule has 2 aromatic heterocycles. The van der Waals surface area contributed by atoms with E-state index in [2.05, 4.69) is 10.4 Å². The van der Waals surface area contributed by atoms with Gasteiger partial charge in [0.25, 0.3) is 0 Å². The molecule has 0 spiro atoms. The molecule has 1 saturated heterocycles. The fourth-order valence-corrected chi connectivity index (χ4v) is 4.34. The summed E-state index contributed by atoms with van der Waals surface area (Å²) in [6.45, 7) is 2.53. The predicted octanol–water partition coefficient (Wildman–Crippen LogP) is 4.18. The number of piperidine rings is 1. The van der Waals surface area contributed by atoms with Gasteiger partial charge in [-0.05, 0) is 42.7 Å². The monoisotopic (exact) mass is 429 g/mol. The van der Waals surface area contributed by atoms with Crippen molar-refractivity contribution >= 4 is 22.8 Å². The van der Waals surface area contributed by atoms with E-state index < -0.39 is 0 Å². The number of ether oxygens (including phenoxy) is 1. The number of fused-ring (bicyclic) bond motifs is 1. The van der Waals surface area contributed by atoms with Crippen LogP contribution in [0.5, 0.6) is 5.75 Å². The fraction of sp³-hybridized carbons (Fsp3) is 0.240. The first kappa shape index (κ1) is 20.1. The number of aryl methyl sites for hydroxylation is 1. The number of hydrogen-bond acceptors (Lipinski definition) is 5. The Morgan fingerprint density at radius 2 is 1.97 bits per heavy atom. The van der Waals surface area contributed by atoms with Crippen LogP contribution in [0.1, 0.15) is 35.6 Å². The molecule has 0 aliphatic carbocycles. The van der Waals surface area contributed by atoms with Crippen LogP contribution < -0.4 is 10.1 Å². The van der Waals surface area contributed by atoms with Crippen molar-refractivity contribution in [2.75, 3.05) is 7.11 Å². The van der Waals surface area contributed by atoms with Crippen LogP contribution >= 0.6 is 0 Å². The number of aromatic nitrogens is 2. The van der Waals surface area contributed by atoms with Crippen molar-refractivity contribution in [3.05, 3.63) is 71.7 Å². The molecule has 1 fully saturated rings. The summed E-state index contributed by atoms with van der Waals surface area (Å²) in [5.41, 5.74) is 4.69. The highest BCUT2D eigenvalue weighted by atomic mass is 16.5. The number of nitrogens with one attached hydrogen (secondary N) is 1. The lowest BCUT2D eigenvalue weighted by Gasteiger charge is -2.20. The van der Waals surface area contributed by atoms with Gasteiger partial charge in [-0.25, -0.2) is 0 Å². The van der Waals surface area contributed by atoms with Crippen molar-refractivity contribution in [1.29, 1.82) is 0 Å². The number of imide groups is 1. The molecule has 0 saturated carbocycles. The largest absolute Gasteiger partial charge is 0.497 e. The number of methoxy groups -OCH3 is 1. The molecule has 0 radical (unpaired) electrons. The summed E-state index contributed by atoms with van der Waals surface area (Å²) in [5.74, 6) is 0.698. The molecule has 162 valence electrons. The number of rotatable bonds is 5. The predicted molar refractivity (Wildman–Crippen MR) is 119 cm³/mol. The third-order valence-electron chi connectivity index (χ3n) is 5.97. The second-order valence-corrected chi connectivity index (χ2v) is 8.06. The van der Waals surface area contributed by atoms with Gasteiger partial charge in [-0.3, -0.25) is 19.6 Å². The van der Waals surface area contributed by atoms with Crippen LogP contribution in [0.2, 0.25) is 0 Å². The molecule has 4 aromatic rings. The second-order valence-electron chi connectivity index (χ2n) is 8.06. The third-order valence-corrected chi connectivity index (χ3v) is 5.97. The lowest BCUT2D eigenvalue weighted by atomic mass is 9.88. The van der Waals surface area contributed by atoms with Crippen LogP contribution in [0.4, 0.5) is 0 Å². The highest BCUT2D eigenvalue weighted by molar-refractivity contribution is 6.03. The zero-order chi connectivity index (χ0) is 22.2. The molecule has 32 heavy (non-hydrogen) atoms. The molecule has 1 atom stereocenters. The zero-order valence-electron chi connectivity index (χ0n) is 17.9. The van der Waals surface area contributed by atoms with E-state index in [0.29, 0.717) is 25.1 Å². The lowest BCUT2D eigenvalue weighted by molar-refractivity contribution is -0.134. The van der Waals surface area contributed by atoms with Crippen molar-refractivity contribution in [1.82, 2.24) is 15.1 Å². The number of hydrogen-bond donors (Lipinski definition) is 1. The van der Waals surface area contributed by atoms with E-state index in [0.717, 1.165) is 39.0 Å². The van der Waals surface area contributed by atoms with Gasteiger partial charge < -0.3 is 9.15 Å². The van der Waals surface area contributed by atoms with Crippen LogP contribution in [-0.4, -0.2) is 28.7 Å². The molecule has 2 amide bonds. The van der Waals surface area contributed by atoms with Gasteiger partial charge in [-0.15, -0.1) is 0 Å². The molecule has 1 aliphatic rings. The van der Waals surface area contributed by atoms with Gasteiger partial charge in [0.05, 0.1) is 25.8 Å². The molecular weight excluding hydrogens is 406 g/mol. The Balaban J connectivity index is 1.41. The average molecular weight is 429 g/mol. The van der Waals surface area contributed by atoms with E-state index >= 15 is 0 Å². The maximum Gasteiger partial charge on any atom is 0.234 e. The Hall–Kier alpha value is -3.87. The van der Waals surface area contributed by atoms with Crippen LogP contribution in [-0.2, 0) is 16.1 Å². The van der Waals surface area contributed by atoms with Gasteiger partial charge in [0, 0.05) is 29.1 Å². The Morgan fingerprint density at radius 3 is 2.72 bits per heavy atom. The summed E-state index contributed by atoms with van der Waals surface area (Å²) in [7, 11) is 1.65. The van der Waals surface area contributed by atoms with Crippen molar-refractivity contribution in [2.24, 2.45) is 0 Å². The molecule has 1 aliphatic heterocycles. The Bertz CT molecular complexity index is 1320. The molecule has 1 unspecified atom stereocenters. The van der Waals surface area contributed by atoms with Crippen LogP contribution in [0.15, 0.2) is 59.3 Å². The number of carbonyl (C=O) groups is 2. The van der Waals surface area contributed by atoms with Crippen LogP contribution in [0.25, 0.3) is 22.1 Å². The van der Waals surface area contributed by atoms with Crippen molar-refractivity contribution in [3.8, 4) is 16.9 Å². The van der Waals surface area contributed by atoms with Crippen LogP contribution in [0, 0.1) is 6.92 Å². The molecule has 5 rings (SSSR count). The van der Waals surface area contributed by atoms with Gasteiger partial charge in [-0.2, -0.15) is 5.10 Å². The van der Waals surface area contributed by atoms with Gasteiger partial charge >= 0.3 is 0 Å². The molecule has 3 heterocycles. The summed E-state index contributed by atoms with van der Waals surface area (Å²) in [6.07, 6.45) is 4.68. The first-order valence-corrected chi connectivity index (χ1v) is 10.5. The summed E-state index contributed by atoms with van der Waals surface area (Å²) < 4.78 is 13.1. The Kier molecular flexibility index (Phi) is 5.01. The maximum absolute atomic E-state index is 12.4. The summed E-state index contributed by atoms with van der Waals surface area (Å²) in [6, 6.07) is 13.9. The molecule has 2 aromatic carbocycles. The van der Waals surface area contributed by atoms with Crippen LogP contribution in [0.3, 0.4) is 0 Å². The van der Waals surface area contributed by atoms with E-state index in [-0.39, 0.29) is 17.7 Å². The zero-order valence-corrected chi connectivity index (χ0v) is 17.9.